The topological polar surface area (TPSA) is 69.7 Å². The highest BCUT2D eigenvalue weighted by Crippen LogP contribution is 2.08. The Morgan fingerprint density at radius 3 is 2.72 bits per heavy atom. The Balaban J connectivity index is 2.38. The van der Waals surface area contributed by atoms with Crippen molar-refractivity contribution in [1.82, 2.24) is 9.13 Å². The first-order valence-corrected chi connectivity index (χ1v) is 5.91. The fourth-order valence-electron chi connectivity index (χ4n) is 2.24. The summed E-state index contributed by atoms with van der Waals surface area (Å²) in [6.07, 6.45) is 0. The monoisotopic (exact) mass is 255 g/mol. The van der Waals surface area contributed by atoms with Gasteiger partial charge in [-0.1, -0.05) is 0 Å². The van der Waals surface area contributed by atoms with Crippen LogP contribution in [0.4, 0.5) is 5.82 Å². The van der Waals surface area contributed by atoms with Gasteiger partial charge in [0.2, 0.25) is 0 Å². The largest absolute Gasteiger partial charge is 0.379 e. The Labute approximate surface area is 105 Å². The van der Waals surface area contributed by atoms with Gasteiger partial charge in [-0.2, -0.15) is 0 Å². The third-order valence-electron chi connectivity index (χ3n) is 3.35. The van der Waals surface area contributed by atoms with Gasteiger partial charge in [0.15, 0.2) is 6.67 Å². The molecule has 1 aliphatic rings. The van der Waals surface area contributed by atoms with Crippen LogP contribution in [-0.4, -0.2) is 36.1 Å². The first-order valence-electron chi connectivity index (χ1n) is 5.91. The van der Waals surface area contributed by atoms with E-state index in [0.717, 1.165) is 11.1 Å². The first kappa shape index (κ1) is 12.8. The van der Waals surface area contributed by atoms with Crippen LogP contribution in [-0.2, 0) is 25.4 Å². The molecule has 1 atom stereocenters. The van der Waals surface area contributed by atoms with Crippen LogP contribution in [0, 0.1) is 0 Å². The highest BCUT2D eigenvalue weighted by molar-refractivity contribution is 5.43. The maximum atomic E-state index is 12.1. The Bertz CT molecular complexity index is 561. The Morgan fingerprint density at radius 1 is 1.33 bits per heavy atom. The summed E-state index contributed by atoms with van der Waals surface area (Å²) < 4.78 is 7.68. The van der Waals surface area contributed by atoms with E-state index in [1.807, 2.05) is 0 Å². The molecule has 2 rings (SSSR count). The summed E-state index contributed by atoms with van der Waals surface area (Å²) in [6.45, 7) is 2.79. The van der Waals surface area contributed by atoms with Gasteiger partial charge >= 0.3 is 5.69 Å². The summed E-state index contributed by atoms with van der Waals surface area (Å²) in [5.74, 6) is 0.643. The SMILES string of the molecule is COCC[NH+]1CNc2c(c(=O)n(C)c(=O)n2C)C1. The lowest BCUT2D eigenvalue weighted by molar-refractivity contribution is -0.912. The average molecular weight is 255 g/mol. The number of methoxy groups -OCH3 is 1. The number of quaternary nitrogens is 1. The summed E-state index contributed by atoms with van der Waals surface area (Å²) >= 11 is 0. The van der Waals surface area contributed by atoms with Crippen LogP contribution < -0.4 is 21.5 Å². The van der Waals surface area contributed by atoms with E-state index in [1.165, 1.54) is 16.5 Å². The van der Waals surface area contributed by atoms with E-state index in [-0.39, 0.29) is 11.2 Å². The van der Waals surface area contributed by atoms with Crippen LogP contribution in [0.2, 0.25) is 0 Å². The first-order chi connectivity index (χ1) is 8.56. The second-order valence-corrected chi connectivity index (χ2v) is 4.56. The summed E-state index contributed by atoms with van der Waals surface area (Å²) in [5.41, 5.74) is 0.152. The fourth-order valence-corrected chi connectivity index (χ4v) is 2.24. The Kier molecular flexibility index (Phi) is 3.53. The average Bonchev–Trinajstić information content (AvgIpc) is 2.40. The number of hydrogen-bond donors (Lipinski definition) is 2. The van der Waals surface area contributed by atoms with Crippen molar-refractivity contribution in [1.29, 1.82) is 0 Å². The molecule has 1 unspecified atom stereocenters. The zero-order valence-electron chi connectivity index (χ0n) is 10.9. The van der Waals surface area contributed by atoms with Crippen molar-refractivity contribution >= 4 is 5.82 Å². The van der Waals surface area contributed by atoms with E-state index in [2.05, 4.69) is 5.32 Å². The van der Waals surface area contributed by atoms with Gasteiger partial charge < -0.3 is 15.0 Å². The van der Waals surface area contributed by atoms with Crippen molar-refractivity contribution < 1.29 is 9.64 Å². The Morgan fingerprint density at radius 2 is 2.06 bits per heavy atom. The molecule has 0 spiro atoms. The highest BCUT2D eigenvalue weighted by Gasteiger charge is 2.25. The number of hydrogen-bond acceptors (Lipinski definition) is 4. The van der Waals surface area contributed by atoms with E-state index < -0.39 is 0 Å². The molecule has 100 valence electrons. The number of nitrogens with zero attached hydrogens (tertiary/aromatic N) is 2. The summed E-state index contributed by atoms with van der Waals surface area (Å²) in [6, 6.07) is 0. The minimum atomic E-state index is -0.299. The predicted molar refractivity (Wildman–Crippen MR) is 66.8 cm³/mol. The van der Waals surface area contributed by atoms with Gasteiger partial charge in [0.25, 0.3) is 5.56 Å². The minimum absolute atomic E-state index is 0.213. The van der Waals surface area contributed by atoms with Gasteiger partial charge in [-0.15, -0.1) is 0 Å². The van der Waals surface area contributed by atoms with E-state index >= 15 is 0 Å². The molecule has 0 bridgehead atoms. The number of anilines is 1. The van der Waals surface area contributed by atoms with Gasteiger partial charge in [0.05, 0.1) is 6.61 Å². The van der Waals surface area contributed by atoms with Crippen LogP contribution in [0.15, 0.2) is 9.59 Å². The number of rotatable bonds is 3. The van der Waals surface area contributed by atoms with Crippen molar-refractivity contribution in [2.24, 2.45) is 14.1 Å². The lowest BCUT2D eigenvalue weighted by Crippen LogP contribution is -3.13. The smallest absolute Gasteiger partial charge is 0.332 e. The molecule has 7 heteroatoms. The van der Waals surface area contributed by atoms with E-state index in [1.54, 1.807) is 14.2 Å². The maximum absolute atomic E-state index is 12.1. The van der Waals surface area contributed by atoms with Crippen molar-refractivity contribution in [3.63, 3.8) is 0 Å². The molecule has 0 saturated carbocycles. The van der Waals surface area contributed by atoms with Gasteiger partial charge in [-0.05, 0) is 0 Å². The maximum Gasteiger partial charge on any atom is 0.332 e. The molecule has 0 fully saturated rings. The van der Waals surface area contributed by atoms with Gasteiger partial charge in [-0.25, -0.2) is 4.79 Å². The van der Waals surface area contributed by atoms with Crippen molar-refractivity contribution in [3.05, 3.63) is 26.4 Å². The van der Waals surface area contributed by atoms with E-state index in [0.29, 0.717) is 31.2 Å². The fraction of sp³-hybridized carbons (Fsp3) is 0.636. The molecule has 2 N–H and O–H groups in total. The molecule has 0 saturated heterocycles. The van der Waals surface area contributed by atoms with Gasteiger partial charge in [-0.3, -0.25) is 13.9 Å². The number of ether oxygens (including phenoxy) is 1. The molecular weight excluding hydrogens is 236 g/mol. The molecule has 0 amide bonds. The lowest BCUT2D eigenvalue weighted by atomic mass is 10.2. The van der Waals surface area contributed by atoms with Gasteiger partial charge in [0, 0.05) is 21.2 Å². The van der Waals surface area contributed by atoms with Gasteiger partial charge in [0.1, 0.15) is 24.5 Å². The quantitative estimate of drug-likeness (QED) is 0.626. The molecule has 0 aliphatic carbocycles. The van der Waals surface area contributed by atoms with Crippen LogP contribution in [0.5, 0.6) is 0 Å². The summed E-state index contributed by atoms with van der Waals surface area (Å²) in [4.78, 5) is 25.1. The molecule has 0 aromatic carbocycles. The third kappa shape index (κ3) is 2.06. The molecule has 0 radical (unpaired) electrons. The van der Waals surface area contributed by atoms with E-state index in [9.17, 15) is 9.59 Å². The Hall–Kier alpha value is -1.60. The molecule has 7 nitrogen and oxygen atoms in total. The van der Waals surface area contributed by atoms with Crippen molar-refractivity contribution in [2.45, 2.75) is 6.54 Å². The second kappa shape index (κ2) is 4.95. The predicted octanol–water partition coefficient (Wildman–Crippen LogP) is -2.50. The van der Waals surface area contributed by atoms with Crippen LogP contribution in [0.1, 0.15) is 5.56 Å². The molecule has 1 aromatic rings. The van der Waals surface area contributed by atoms with Crippen LogP contribution in [0.3, 0.4) is 0 Å². The molecule has 1 aliphatic heterocycles. The van der Waals surface area contributed by atoms with E-state index in [4.69, 9.17) is 4.74 Å². The standard InChI is InChI=1S/C11H18N4O3/c1-13-9-8(10(16)14(2)11(13)17)6-15(7-12-9)4-5-18-3/h12H,4-7H2,1-3H3/p+1. The van der Waals surface area contributed by atoms with Crippen LogP contribution >= 0.6 is 0 Å². The lowest BCUT2D eigenvalue weighted by Gasteiger charge is -2.27. The summed E-state index contributed by atoms with van der Waals surface area (Å²) in [7, 11) is 4.84. The second-order valence-electron chi connectivity index (χ2n) is 4.56. The molecule has 18 heavy (non-hydrogen) atoms. The summed E-state index contributed by atoms with van der Waals surface area (Å²) in [5, 5.41) is 3.16. The van der Waals surface area contributed by atoms with Crippen molar-refractivity contribution in [2.75, 3.05) is 32.2 Å². The number of nitrogens with one attached hydrogen (secondary N) is 2. The molecule has 1 aromatic heterocycles. The molecular formula is C11H19N4O3+. The third-order valence-corrected chi connectivity index (χ3v) is 3.35. The highest BCUT2D eigenvalue weighted by atomic mass is 16.5. The van der Waals surface area contributed by atoms with Crippen LogP contribution in [0.25, 0.3) is 0 Å². The zero-order chi connectivity index (χ0) is 13.3. The zero-order valence-corrected chi connectivity index (χ0v) is 10.9. The number of aromatic nitrogens is 2. The number of fused-ring (bicyclic) bond motifs is 1. The molecule has 2 heterocycles. The normalized spacial score (nSPS) is 18.3. The van der Waals surface area contributed by atoms with Crippen molar-refractivity contribution in [3.8, 4) is 0 Å². The minimum Gasteiger partial charge on any atom is -0.379 e.